The molecule has 0 spiro atoms. The summed E-state index contributed by atoms with van der Waals surface area (Å²) < 4.78 is 5.86. The first-order valence-corrected chi connectivity index (χ1v) is 6.97. The Morgan fingerprint density at radius 2 is 1.86 bits per heavy atom. The van der Waals surface area contributed by atoms with Gasteiger partial charge < -0.3 is 9.84 Å². The van der Waals surface area contributed by atoms with E-state index in [0.717, 1.165) is 11.1 Å². The molecule has 5 heteroatoms. The molecule has 1 aliphatic heterocycles. The number of benzene rings is 2. The summed E-state index contributed by atoms with van der Waals surface area (Å²) in [4.78, 5) is 11.9. The summed E-state index contributed by atoms with van der Waals surface area (Å²) in [5.74, 6) is 0.193. The van der Waals surface area contributed by atoms with Crippen LogP contribution in [0.4, 0.5) is 0 Å². The Morgan fingerprint density at radius 1 is 1.18 bits per heavy atom. The maximum Gasteiger partial charge on any atom is 0.243 e. The number of rotatable bonds is 2. The number of nitrogens with zero attached hydrogens (tertiary/aromatic N) is 2. The van der Waals surface area contributed by atoms with E-state index in [1.54, 1.807) is 24.3 Å². The monoisotopic (exact) mass is 296 g/mol. The van der Waals surface area contributed by atoms with Crippen LogP contribution >= 0.6 is 0 Å². The van der Waals surface area contributed by atoms with Crippen molar-refractivity contribution in [2.75, 3.05) is 0 Å². The zero-order valence-electron chi connectivity index (χ0n) is 12.4. The maximum atomic E-state index is 11.9. The molecule has 0 saturated heterocycles. The highest BCUT2D eigenvalue weighted by Crippen LogP contribution is 2.35. The van der Waals surface area contributed by atoms with Gasteiger partial charge in [-0.15, -0.1) is 5.10 Å². The zero-order valence-corrected chi connectivity index (χ0v) is 12.4. The summed E-state index contributed by atoms with van der Waals surface area (Å²) in [6.45, 7) is 3.37. The van der Waals surface area contributed by atoms with Crippen LogP contribution in [-0.2, 0) is 9.53 Å². The fraction of sp³-hybridized carbons (Fsp3) is 0.176. The molecule has 5 nitrogen and oxygen atoms in total. The molecular weight excluding hydrogens is 280 g/mol. The van der Waals surface area contributed by atoms with E-state index in [1.165, 1.54) is 11.9 Å². The van der Waals surface area contributed by atoms with Crippen LogP contribution in [0.2, 0.25) is 0 Å². The molecule has 1 atom stereocenters. The van der Waals surface area contributed by atoms with Gasteiger partial charge in [-0.05, 0) is 30.7 Å². The van der Waals surface area contributed by atoms with Crippen LogP contribution in [0, 0.1) is 6.92 Å². The van der Waals surface area contributed by atoms with Gasteiger partial charge in [0, 0.05) is 12.5 Å². The molecule has 2 aromatic rings. The van der Waals surface area contributed by atoms with Crippen molar-refractivity contribution >= 4 is 11.8 Å². The summed E-state index contributed by atoms with van der Waals surface area (Å²) in [6.07, 6.45) is -0.756. The van der Waals surface area contributed by atoms with Crippen molar-refractivity contribution in [1.82, 2.24) is 5.01 Å². The van der Waals surface area contributed by atoms with Crippen molar-refractivity contribution in [3.05, 3.63) is 65.2 Å². The second kappa shape index (κ2) is 5.52. The topological polar surface area (TPSA) is 62.1 Å². The second-order valence-electron chi connectivity index (χ2n) is 5.11. The van der Waals surface area contributed by atoms with E-state index >= 15 is 0 Å². The van der Waals surface area contributed by atoms with E-state index in [-0.39, 0.29) is 11.7 Å². The van der Waals surface area contributed by atoms with Crippen molar-refractivity contribution in [3.63, 3.8) is 0 Å². The normalized spacial score (nSPS) is 17.1. The van der Waals surface area contributed by atoms with Crippen LogP contribution in [0.1, 0.15) is 29.8 Å². The largest absolute Gasteiger partial charge is 0.507 e. The molecule has 0 fully saturated rings. The predicted molar refractivity (Wildman–Crippen MR) is 82.2 cm³/mol. The van der Waals surface area contributed by atoms with Crippen LogP contribution in [0.25, 0.3) is 0 Å². The Balaban J connectivity index is 2.01. The summed E-state index contributed by atoms with van der Waals surface area (Å²) in [7, 11) is 0. The van der Waals surface area contributed by atoms with E-state index in [9.17, 15) is 9.90 Å². The quantitative estimate of drug-likeness (QED) is 0.926. The third-order valence-corrected chi connectivity index (χ3v) is 3.54. The van der Waals surface area contributed by atoms with E-state index in [1.807, 2.05) is 31.2 Å². The average Bonchev–Trinajstić information content (AvgIpc) is 2.93. The molecule has 0 saturated carbocycles. The Hall–Kier alpha value is -2.82. The van der Waals surface area contributed by atoms with Gasteiger partial charge in [0.25, 0.3) is 0 Å². The van der Waals surface area contributed by atoms with E-state index in [4.69, 9.17) is 4.74 Å². The lowest BCUT2D eigenvalue weighted by molar-refractivity contribution is -0.135. The Bertz CT molecular complexity index is 755. The third-order valence-electron chi connectivity index (χ3n) is 3.54. The molecule has 3 rings (SSSR count). The van der Waals surface area contributed by atoms with Gasteiger partial charge in [0.1, 0.15) is 5.75 Å². The fourth-order valence-corrected chi connectivity index (χ4v) is 2.39. The molecule has 1 N–H and O–H groups in total. The van der Waals surface area contributed by atoms with Gasteiger partial charge in [-0.1, -0.05) is 30.3 Å². The molecule has 1 unspecified atom stereocenters. The van der Waals surface area contributed by atoms with Crippen molar-refractivity contribution < 1.29 is 14.6 Å². The lowest BCUT2D eigenvalue weighted by atomic mass is 10.1. The molecular formula is C17H16N2O3. The number of phenols is 1. The number of hydrazone groups is 1. The van der Waals surface area contributed by atoms with Crippen molar-refractivity contribution in [2.24, 2.45) is 5.10 Å². The molecule has 0 radical (unpaired) electrons. The van der Waals surface area contributed by atoms with Gasteiger partial charge in [0.05, 0.1) is 5.56 Å². The number of aromatic hydroxyl groups is 1. The molecule has 22 heavy (non-hydrogen) atoms. The van der Waals surface area contributed by atoms with E-state index in [0.29, 0.717) is 11.5 Å². The van der Waals surface area contributed by atoms with Crippen molar-refractivity contribution in [3.8, 4) is 5.75 Å². The Morgan fingerprint density at radius 3 is 2.55 bits per heavy atom. The van der Waals surface area contributed by atoms with Crippen LogP contribution in [0.3, 0.4) is 0 Å². The highest BCUT2D eigenvalue weighted by molar-refractivity contribution is 5.97. The highest BCUT2D eigenvalue weighted by atomic mass is 16.5. The summed E-state index contributed by atoms with van der Waals surface area (Å²) in [5.41, 5.74) is 2.33. The minimum absolute atomic E-state index is 0.0694. The Labute approximate surface area is 128 Å². The minimum atomic E-state index is -0.756. The van der Waals surface area contributed by atoms with Gasteiger partial charge in [-0.2, -0.15) is 5.01 Å². The molecule has 1 amide bonds. The lowest BCUT2D eigenvalue weighted by Gasteiger charge is -2.20. The molecule has 0 aromatic heterocycles. The van der Waals surface area contributed by atoms with E-state index in [2.05, 4.69) is 5.10 Å². The molecule has 1 heterocycles. The first-order valence-electron chi connectivity index (χ1n) is 6.97. The minimum Gasteiger partial charge on any atom is -0.507 e. The van der Waals surface area contributed by atoms with Gasteiger partial charge in [0.2, 0.25) is 18.0 Å². The number of hydrogen-bond acceptors (Lipinski definition) is 4. The molecule has 2 aromatic carbocycles. The van der Waals surface area contributed by atoms with E-state index < -0.39 is 6.23 Å². The summed E-state index contributed by atoms with van der Waals surface area (Å²) >= 11 is 0. The number of aryl methyl sites for hydroxylation is 1. The van der Waals surface area contributed by atoms with Crippen LogP contribution < -0.4 is 0 Å². The predicted octanol–water partition coefficient (Wildman–Crippen LogP) is 2.94. The molecule has 112 valence electrons. The number of phenolic OH excluding ortho intramolecular Hbond substituents is 1. The fourth-order valence-electron chi connectivity index (χ4n) is 2.39. The number of para-hydroxylation sites is 1. The maximum absolute atomic E-state index is 11.9. The van der Waals surface area contributed by atoms with Crippen molar-refractivity contribution in [1.29, 1.82) is 0 Å². The molecule has 1 aliphatic rings. The van der Waals surface area contributed by atoms with Gasteiger partial charge in [-0.3, -0.25) is 4.79 Å². The van der Waals surface area contributed by atoms with Gasteiger partial charge >= 0.3 is 0 Å². The van der Waals surface area contributed by atoms with Gasteiger partial charge in [-0.25, -0.2) is 0 Å². The summed E-state index contributed by atoms with van der Waals surface area (Å²) in [5, 5.41) is 15.5. The third kappa shape index (κ3) is 2.41. The van der Waals surface area contributed by atoms with Gasteiger partial charge in [0.15, 0.2) is 0 Å². The standard InChI is InChI=1S/C17H16N2O3/c1-11-7-3-4-8-13(11)16-18-19(12(2)20)17(22-16)14-9-5-6-10-15(14)21/h3-10,17,21H,1-2H3. The SMILES string of the molecule is CC(=O)N1N=C(c2ccccc2C)OC1c1ccccc1O. The first kappa shape index (κ1) is 14.1. The number of hydrogen-bond donors (Lipinski definition) is 1. The number of amides is 1. The van der Waals surface area contributed by atoms with Crippen LogP contribution in [0.15, 0.2) is 53.6 Å². The Kier molecular flexibility index (Phi) is 3.55. The van der Waals surface area contributed by atoms with Crippen LogP contribution in [0.5, 0.6) is 5.75 Å². The van der Waals surface area contributed by atoms with Crippen LogP contribution in [-0.4, -0.2) is 21.9 Å². The second-order valence-corrected chi connectivity index (χ2v) is 5.11. The zero-order chi connectivity index (χ0) is 15.7. The molecule has 0 bridgehead atoms. The lowest BCUT2D eigenvalue weighted by Crippen LogP contribution is -2.25. The smallest absolute Gasteiger partial charge is 0.243 e. The highest BCUT2D eigenvalue weighted by Gasteiger charge is 2.34. The van der Waals surface area contributed by atoms with Crippen molar-refractivity contribution in [2.45, 2.75) is 20.1 Å². The molecule has 0 aliphatic carbocycles. The number of ether oxygens (including phenoxy) is 1. The number of carbonyl (C=O) groups excluding carboxylic acids is 1. The first-order chi connectivity index (χ1) is 10.6. The average molecular weight is 296 g/mol. The summed E-state index contributed by atoms with van der Waals surface area (Å²) in [6, 6.07) is 14.4. The number of carbonyl (C=O) groups is 1.